The summed E-state index contributed by atoms with van der Waals surface area (Å²) in [6.45, 7) is 3.86. The zero-order valence-electron chi connectivity index (χ0n) is 7.30. The fraction of sp³-hybridized carbons (Fsp3) is 0.857. The van der Waals surface area contributed by atoms with Crippen LogP contribution < -0.4 is 10.9 Å². The van der Waals surface area contributed by atoms with Gasteiger partial charge in [0, 0.05) is 13.2 Å². The Morgan fingerprint density at radius 2 is 2.25 bits per heavy atom. The Morgan fingerprint density at radius 3 is 2.83 bits per heavy atom. The summed E-state index contributed by atoms with van der Waals surface area (Å²) in [6.07, 6.45) is 1.08. The van der Waals surface area contributed by atoms with Crippen LogP contribution in [0.2, 0.25) is 0 Å². The van der Waals surface area contributed by atoms with E-state index >= 15 is 0 Å². The van der Waals surface area contributed by atoms with Crippen molar-refractivity contribution >= 4 is 6.09 Å². The summed E-state index contributed by atoms with van der Waals surface area (Å²) in [5.74, 6) is 0. The standard InChI is InChI=1S/C7H16N2O3/c1-2-3-5-12-6-4-8-9-7(10)11/h8-9H,2-6H2,1H3,(H,10,11). The molecule has 0 aromatic rings. The van der Waals surface area contributed by atoms with Crippen LogP contribution in [0, 0.1) is 0 Å². The van der Waals surface area contributed by atoms with E-state index in [4.69, 9.17) is 9.84 Å². The summed E-state index contributed by atoms with van der Waals surface area (Å²) < 4.78 is 5.16. The zero-order chi connectivity index (χ0) is 9.23. The number of hydrazine groups is 1. The number of amides is 1. The molecule has 1 amide bonds. The smallest absolute Gasteiger partial charge is 0.419 e. The Labute approximate surface area is 72.1 Å². The molecule has 5 heteroatoms. The molecule has 0 fully saturated rings. The quantitative estimate of drug-likeness (QED) is 0.392. The van der Waals surface area contributed by atoms with Gasteiger partial charge in [-0.1, -0.05) is 13.3 Å². The van der Waals surface area contributed by atoms with Crippen molar-refractivity contribution in [3.63, 3.8) is 0 Å². The lowest BCUT2D eigenvalue weighted by Crippen LogP contribution is -2.38. The maximum atomic E-state index is 9.92. The van der Waals surface area contributed by atoms with Crippen LogP contribution in [0.4, 0.5) is 4.79 Å². The van der Waals surface area contributed by atoms with Crippen LogP contribution in [0.25, 0.3) is 0 Å². The highest BCUT2D eigenvalue weighted by Crippen LogP contribution is 1.86. The van der Waals surface area contributed by atoms with Crippen LogP contribution in [0.15, 0.2) is 0 Å². The summed E-state index contributed by atoms with van der Waals surface area (Å²) in [4.78, 5) is 9.92. The number of nitrogens with one attached hydrogen (secondary N) is 2. The summed E-state index contributed by atoms with van der Waals surface area (Å²) in [6, 6.07) is 0. The molecule has 12 heavy (non-hydrogen) atoms. The minimum Gasteiger partial charge on any atom is -0.464 e. The van der Waals surface area contributed by atoms with Crippen LogP contribution in [-0.4, -0.2) is 31.0 Å². The first-order valence-electron chi connectivity index (χ1n) is 4.07. The van der Waals surface area contributed by atoms with E-state index in [0.717, 1.165) is 19.4 Å². The SMILES string of the molecule is CCCCOCCNNC(=O)O. The van der Waals surface area contributed by atoms with E-state index in [0.29, 0.717) is 13.2 Å². The van der Waals surface area contributed by atoms with E-state index in [2.05, 4.69) is 12.3 Å². The van der Waals surface area contributed by atoms with Gasteiger partial charge in [0.05, 0.1) is 6.61 Å². The molecule has 0 radical (unpaired) electrons. The van der Waals surface area contributed by atoms with E-state index in [-0.39, 0.29) is 0 Å². The fourth-order valence-corrected chi connectivity index (χ4v) is 0.610. The minimum absolute atomic E-state index is 0.496. The first kappa shape index (κ1) is 11.2. The van der Waals surface area contributed by atoms with E-state index in [1.54, 1.807) is 0 Å². The molecule has 0 rings (SSSR count). The molecular formula is C7H16N2O3. The van der Waals surface area contributed by atoms with Gasteiger partial charge in [-0.2, -0.15) is 0 Å². The van der Waals surface area contributed by atoms with Crippen molar-refractivity contribution in [1.29, 1.82) is 0 Å². The van der Waals surface area contributed by atoms with E-state index in [1.807, 2.05) is 5.43 Å². The maximum absolute atomic E-state index is 9.92. The molecule has 0 unspecified atom stereocenters. The number of carboxylic acid groups (broad SMARTS) is 1. The van der Waals surface area contributed by atoms with Crippen LogP contribution in [0.5, 0.6) is 0 Å². The maximum Gasteiger partial charge on any atom is 0.419 e. The Hall–Kier alpha value is -0.810. The Morgan fingerprint density at radius 1 is 1.50 bits per heavy atom. The molecule has 0 aliphatic rings. The van der Waals surface area contributed by atoms with Crippen molar-refractivity contribution in [2.45, 2.75) is 19.8 Å². The van der Waals surface area contributed by atoms with Crippen LogP contribution in [0.3, 0.4) is 0 Å². The van der Waals surface area contributed by atoms with Gasteiger partial charge < -0.3 is 9.84 Å². The van der Waals surface area contributed by atoms with Gasteiger partial charge in [0.2, 0.25) is 0 Å². The minimum atomic E-state index is -1.08. The van der Waals surface area contributed by atoms with E-state index in [9.17, 15) is 4.79 Å². The van der Waals surface area contributed by atoms with Crippen LogP contribution in [0.1, 0.15) is 19.8 Å². The molecule has 5 nitrogen and oxygen atoms in total. The highest BCUT2D eigenvalue weighted by atomic mass is 16.5. The van der Waals surface area contributed by atoms with Crippen molar-refractivity contribution < 1.29 is 14.6 Å². The van der Waals surface area contributed by atoms with Crippen LogP contribution in [-0.2, 0) is 4.74 Å². The summed E-state index contributed by atoms with van der Waals surface area (Å²) in [5, 5.41) is 8.14. The molecule has 0 bridgehead atoms. The molecule has 0 spiro atoms. The first-order chi connectivity index (χ1) is 5.77. The molecular weight excluding hydrogens is 160 g/mol. The molecule has 0 saturated heterocycles. The molecule has 0 aliphatic carbocycles. The van der Waals surface area contributed by atoms with Gasteiger partial charge in [-0.15, -0.1) is 0 Å². The van der Waals surface area contributed by atoms with Gasteiger partial charge in [-0.3, -0.25) is 5.43 Å². The van der Waals surface area contributed by atoms with E-state index < -0.39 is 6.09 Å². The average molecular weight is 176 g/mol. The second-order valence-electron chi connectivity index (χ2n) is 2.32. The predicted molar refractivity (Wildman–Crippen MR) is 44.9 cm³/mol. The fourth-order valence-electron chi connectivity index (χ4n) is 0.610. The van der Waals surface area contributed by atoms with Gasteiger partial charge in [-0.05, 0) is 6.42 Å². The number of carbonyl (C=O) groups is 1. The Bertz CT molecular complexity index is 119. The van der Waals surface area contributed by atoms with Gasteiger partial charge in [0.15, 0.2) is 0 Å². The normalized spacial score (nSPS) is 9.75. The van der Waals surface area contributed by atoms with Crippen molar-refractivity contribution in [3.05, 3.63) is 0 Å². The lowest BCUT2D eigenvalue weighted by Gasteiger charge is -2.04. The van der Waals surface area contributed by atoms with Crippen molar-refractivity contribution in [3.8, 4) is 0 Å². The van der Waals surface area contributed by atoms with Crippen molar-refractivity contribution in [2.75, 3.05) is 19.8 Å². The zero-order valence-corrected chi connectivity index (χ0v) is 7.30. The lowest BCUT2D eigenvalue weighted by molar-refractivity contribution is 0.129. The molecule has 3 N–H and O–H groups in total. The Balaban J connectivity index is 2.86. The van der Waals surface area contributed by atoms with Crippen LogP contribution >= 0.6 is 0 Å². The summed E-state index contributed by atoms with van der Waals surface area (Å²) in [5.41, 5.74) is 4.51. The van der Waals surface area contributed by atoms with Gasteiger partial charge in [0.1, 0.15) is 0 Å². The molecule has 0 aliphatic heterocycles. The molecule has 0 aromatic carbocycles. The largest absolute Gasteiger partial charge is 0.464 e. The van der Waals surface area contributed by atoms with Crippen molar-refractivity contribution in [1.82, 2.24) is 10.9 Å². The third-order valence-corrected chi connectivity index (χ3v) is 1.21. The highest BCUT2D eigenvalue weighted by molar-refractivity contribution is 5.63. The summed E-state index contributed by atoms with van der Waals surface area (Å²) in [7, 11) is 0. The third kappa shape index (κ3) is 9.19. The molecule has 0 saturated carbocycles. The molecule has 72 valence electrons. The average Bonchev–Trinajstić information content (AvgIpc) is 2.02. The van der Waals surface area contributed by atoms with Gasteiger partial charge in [0.25, 0.3) is 0 Å². The lowest BCUT2D eigenvalue weighted by atomic mass is 10.4. The Kier molecular flexibility index (Phi) is 7.73. The monoisotopic (exact) mass is 176 g/mol. The second-order valence-corrected chi connectivity index (χ2v) is 2.32. The molecule has 0 heterocycles. The molecule has 0 aromatic heterocycles. The predicted octanol–water partition coefficient (Wildman–Crippen LogP) is 0.575. The van der Waals surface area contributed by atoms with Gasteiger partial charge >= 0.3 is 6.09 Å². The summed E-state index contributed by atoms with van der Waals surface area (Å²) >= 11 is 0. The number of ether oxygens (including phenoxy) is 1. The third-order valence-electron chi connectivity index (χ3n) is 1.21. The first-order valence-corrected chi connectivity index (χ1v) is 4.07. The second kappa shape index (κ2) is 8.29. The van der Waals surface area contributed by atoms with E-state index in [1.165, 1.54) is 0 Å². The van der Waals surface area contributed by atoms with Crippen molar-refractivity contribution in [2.24, 2.45) is 0 Å². The number of hydrogen-bond acceptors (Lipinski definition) is 3. The molecule has 0 atom stereocenters. The number of hydrogen-bond donors (Lipinski definition) is 3. The van der Waals surface area contributed by atoms with Gasteiger partial charge in [-0.25, -0.2) is 10.2 Å². The number of rotatable bonds is 7. The number of unbranched alkanes of at least 4 members (excludes halogenated alkanes) is 1. The highest BCUT2D eigenvalue weighted by Gasteiger charge is 1.91. The topological polar surface area (TPSA) is 70.6 Å².